The molecule has 4 aromatic rings. The fourth-order valence-electron chi connectivity index (χ4n) is 3.63. The molecular formula is C26H21N5O2. The smallest absolute Gasteiger partial charge is 0.271 e. The van der Waals surface area contributed by atoms with Gasteiger partial charge in [0.2, 0.25) is 5.91 Å². The fraction of sp³-hybridized carbons (Fsp3) is 0.0769. The third-order valence-electron chi connectivity index (χ3n) is 5.11. The van der Waals surface area contributed by atoms with Gasteiger partial charge in [-0.1, -0.05) is 42.5 Å². The van der Waals surface area contributed by atoms with Gasteiger partial charge in [0, 0.05) is 47.4 Å². The van der Waals surface area contributed by atoms with E-state index in [-0.39, 0.29) is 11.8 Å². The molecule has 0 aliphatic rings. The van der Waals surface area contributed by atoms with E-state index >= 15 is 0 Å². The molecule has 0 aliphatic heterocycles. The minimum Gasteiger partial charge on any atom is -0.342 e. The van der Waals surface area contributed by atoms with E-state index in [1.165, 1.54) is 6.92 Å². The maximum Gasteiger partial charge on any atom is 0.271 e. The number of carbonyl (C=O) groups excluding carboxylic acids is 2. The first-order chi connectivity index (χ1) is 16.0. The van der Waals surface area contributed by atoms with Gasteiger partial charge in [-0.2, -0.15) is 10.4 Å². The number of hydrogen-bond acceptors (Lipinski definition) is 4. The molecular weight excluding hydrogens is 414 g/mol. The molecule has 0 fully saturated rings. The van der Waals surface area contributed by atoms with Crippen LogP contribution in [0.15, 0.2) is 84.1 Å². The van der Waals surface area contributed by atoms with Gasteiger partial charge >= 0.3 is 0 Å². The van der Waals surface area contributed by atoms with Gasteiger partial charge in [-0.05, 0) is 35.9 Å². The van der Waals surface area contributed by atoms with Crippen LogP contribution in [0.1, 0.15) is 34.0 Å². The Morgan fingerprint density at radius 2 is 1.85 bits per heavy atom. The predicted octanol–water partition coefficient (Wildman–Crippen LogP) is 4.28. The number of amides is 2. The van der Waals surface area contributed by atoms with Crippen molar-refractivity contribution in [3.05, 3.63) is 101 Å². The number of fused-ring (bicyclic) bond motifs is 1. The number of anilines is 1. The van der Waals surface area contributed by atoms with Gasteiger partial charge < -0.3 is 9.88 Å². The molecule has 0 bridgehead atoms. The molecule has 33 heavy (non-hydrogen) atoms. The van der Waals surface area contributed by atoms with Crippen LogP contribution >= 0.6 is 0 Å². The van der Waals surface area contributed by atoms with Gasteiger partial charge in [-0.25, -0.2) is 5.43 Å². The van der Waals surface area contributed by atoms with Crippen LogP contribution in [0, 0.1) is 11.3 Å². The average molecular weight is 435 g/mol. The maximum atomic E-state index is 12.5. The first-order valence-corrected chi connectivity index (χ1v) is 10.3. The molecule has 3 aromatic carbocycles. The SMILES string of the molecule is CC(=O)Nc1cccc(C(=O)N/N=C\c2cn(Cc3ccccc3C#N)c3ccccc23)c1. The number of nitriles is 1. The molecule has 1 aromatic heterocycles. The van der Waals surface area contributed by atoms with Crippen molar-refractivity contribution in [3.63, 3.8) is 0 Å². The zero-order valence-corrected chi connectivity index (χ0v) is 17.9. The quantitative estimate of drug-likeness (QED) is 0.349. The van der Waals surface area contributed by atoms with Gasteiger partial charge in [0.15, 0.2) is 0 Å². The van der Waals surface area contributed by atoms with Gasteiger partial charge in [-0.15, -0.1) is 0 Å². The number of nitrogens with one attached hydrogen (secondary N) is 2. The van der Waals surface area contributed by atoms with E-state index in [2.05, 4.69) is 26.5 Å². The Hall–Kier alpha value is -4.70. The summed E-state index contributed by atoms with van der Waals surface area (Å²) >= 11 is 0. The average Bonchev–Trinajstić information content (AvgIpc) is 3.16. The summed E-state index contributed by atoms with van der Waals surface area (Å²) in [6.07, 6.45) is 3.55. The molecule has 0 saturated heterocycles. The molecule has 7 heteroatoms. The van der Waals surface area contributed by atoms with Gasteiger partial charge in [0.05, 0.1) is 17.8 Å². The van der Waals surface area contributed by atoms with E-state index in [1.807, 2.05) is 48.7 Å². The highest BCUT2D eigenvalue weighted by Gasteiger charge is 2.10. The van der Waals surface area contributed by atoms with Crippen LogP contribution in [0.5, 0.6) is 0 Å². The van der Waals surface area contributed by atoms with Crippen LogP contribution in [0.2, 0.25) is 0 Å². The molecule has 0 aliphatic carbocycles. The van der Waals surface area contributed by atoms with Crippen LogP contribution in [0.4, 0.5) is 5.69 Å². The lowest BCUT2D eigenvalue weighted by Gasteiger charge is -2.07. The lowest BCUT2D eigenvalue weighted by molar-refractivity contribution is -0.114. The van der Waals surface area contributed by atoms with Crippen molar-refractivity contribution in [3.8, 4) is 6.07 Å². The molecule has 2 amide bonds. The van der Waals surface area contributed by atoms with Gasteiger partial charge in [0.1, 0.15) is 0 Å². The Labute approximate surface area is 191 Å². The van der Waals surface area contributed by atoms with Crippen molar-refractivity contribution in [1.29, 1.82) is 5.26 Å². The van der Waals surface area contributed by atoms with Gasteiger partial charge in [-0.3, -0.25) is 9.59 Å². The number of carbonyl (C=O) groups is 2. The Kier molecular flexibility index (Phi) is 6.28. The standard InChI is InChI=1S/C26H21N5O2/c1-18(32)29-23-10-6-9-19(13-23)26(33)30-28-15-22-17-31(25-12-5-4-11-24(22)25)16-21-8-3-2-7-20(21)14-27/h2-13,15,17H,16H2,1H3,(H,29,32)(H,30,33)/b28-15-. The van der Waals surface area contributed by atoms with E-state index in [0.29, 0.717) is 23.4 Å². The summed E-state index contributed by atoms with van der Waals surface area (Å²) in [6.45, 7) is 1.95. The van der Waals surface area contributed by atoms with Crippen molar-refractivity contribution < 1.29 is 9.59 Å². The van der Waals surface area contributed by atoms with Crippen LogP contribution < -0.4 is 10.7 Å². The van der Waals surface area contributed by atoms with Gasteiger partial charge in [0.25, 0.3) is 5.91 Å². The molecule has 0 spiro atoms. The summed E-state index contributed by atoms with van der Waals surface area (Å²) < 4.78 is 2.06. The van der Waals surface area contributed by atoms with Crippen LogP contribution in [0.25, 0.3) is 10.9 Å². The van der Waals surface area contributed by atoms with E-state index in [1.54, 1.807) is 36.5 Å². The normalized spacial score (nSPS) is 10.8. The third kappa shape index (κ3) is 4.97. The number of nitrogens with zero attached hydrogens (tertiary/aromatic N) is 3. The third-order valence-corrected chi connectivity index (χ3v) is 5.11. The molecule has 0 atom stereocenters. The second-order valence-corrected chi connectivity index (χ2v) is 7.46. The number of hydrazone groups is 1. The summed E-state index contributed by atoms with van der Waals surface area (Å²) in [6, 6.07) is 24.3. The second kappa shape index (κ2) is 9.62. The minimum absolute atomic E-state index is 0.209. The summed E-state index contributed by atoms with van der Waals surface area (Å²) in [5.41, 5.74) is 6.87. The Bertz CT molecular complexity index is 1410. The van der Waals surface area contributed by atoms with Crippen molar-refractivity contribution >= 4 is 34.6 Å². The zero-order valence-electron chi connectivity index (χ0n) is 17.9. The minimum atomic E-state index is -0.384. The zero-order chi connectivity index (χ0) is 23.2. The topological polar surface area (TPSA) is 99.3 Å². The van der Waals surface area contributed by atoms with Crippen molar-refractivity contribution in [1.82, 2.24) is 9.99 Å². The number of para-hydroxylation sites is 1. The molecule has 0 radical (unpaired) electrons. The number of hydrogen-bond donors (Lipinski definition) is 2. The van der Waals surface area contributed by atoms with Crippen LogP contribution in [0.3, 0.4) is 0 Å². The highest BCUT2D eigenvalue weighted by molar-refractivity contribution is 6.01. The van der Waals surface area contributed by atoms with Crippen LogP contribution in [-0.4, -0.2) is 22.6 Å². The first kappa shape index (κ1) is 21.5. The molecule has 4 rings (SSSR count). The number of aromatic nitrogens is 1. The lowest BCUT2D eigenvalue weighted by atomic mass is 10.1. The number of rotatable bonds is 6. The van der Waals surface area contributed by atoms with Crippen molar-refractivity contribution in [2.45, 2.75) is 13.5 Å². The highest BCUT2D eigenvalue weighted by Crippen LogP contribution is 2.22. The van der Waals surface area contributed by atoms with E-state index in [9.17, 15) is 14.9 Å². The Morgan fingerprint density at radius 3 is 2.67 bits per heavy atom. The molecule has 1 heterocycles. The summed E-state index contributed by atoms with van der Waals surface area (Å²) in [5.74, 6) is -0.593. The van der Waals surface area contributed by atoms with Crippen LogP contribution in [-0.2, 0) is 11.3 Å². The summed E-state index contributed by atoms with van der Waals surface area (Å²) in [4.78, 5) is 23.7. The predicted molar refractivity (Wildman–Crippen MR) is 128 cm³/mol. The molecule has 162 valence electrons. The Balaban J connectivity index is 1.55. The summed E-state index contributed by atoms with van der Waals surface area (Å²) in [5, 5.41) is 17.2. The maximum absolute atomic E-state index is 12.5. The monoisotopic (exact) mass is 435 g/mol. The molecule has 0 saturated carbocycles. The largest absolute Gasteiger partial charge is 0.342 e. The van der Waals surface area contributed by atoms with E-state index in [0.717, 1.165) is 22.0 Å². The second-order valence-electron chi connectivity index (χ2n) is 7.46. The summed E-state index contributed by atoms with van der Waals surface area (Å²) in [7, 11) is 0. The van der Waals surface area contributed by atoms with E-state index in [4.69, 9.17) is 0 Å². The molecule has 7 nitrogen and oxygen atoms in total. The molecule has 0 unspecified atom stereocenters. The highest BCUT2D eigenvalue weighted by atomic mass is 16.2. The molecule has 2 N–H and O–H groups in total. The fourth-order valence-corrected chi connectivity index (χ4v) is 3.63. The van der Waals surface area contributed by atoms with Crippen molar-refractivity contribution in [2.75, 3.05) is 5.32 Å². The van der Waals surface area contributed by atoms with E-state index < -0.39 is 0 Å². The van der Waals surface area contributed by atoms with Crippen molar-refractivity contribution in [2.24, 2.45) is 5.10 Å². The first-order valence-electron chi connectivity index (χ1n) is 10.3. The Morgan fingerprint density at radius 1 is 1.06 bits per heavy atom. The number of benzene rings is 3. The lowest BCUT2D eigenvalue weighted by Crippen LogP contribution is -2.18.